The molecule has 0 unspecified atom stereocenters. The SMILES string of the molecule is CCOc1cc(/C=C(/C#N)C(=O)Nc2cccc(C(=O)O)c2)cc(Br)c1OCc1ccc(C)cc1. The van der Waals surface area contributed by atoms with E-state index in [9.17, 15) is 14.9 Å². The molecule has 178 valence electrons. The van der Waals surface area contributed by atoms with Crippen LogP contribution in [0.4, 0.5) is 5.69 Å². The van der Waals surface area contributed by atoms with Crippen molar-refractivity contribution in [3.05, 3.63) is 93.0 Å². The number of aryl methyl sites for hydroxylation is 1. The summed E-state index contributed by atoms with van der Waals surface area (Å²) in [5.74, 6) is -0.802. The zero-order valence-electron chi connectivity index (χ0n) is 19.2. The molecule has 0 saturated heterocycles. The molecule has 0 aromatic heterocycles. The number of ether oxygens (including phenoxy) is 2. The molecular weight excluding hydrogens is 512 g/mol. The van der Waals surface area contributed by atoms with Gasteiger partial charge in [0.05, 0.1) is 16.6 Å². The zero-order chi connectivity index (χ0) is 25.4. The van der Waals surface area contributed by atoms with E-state index in [1.54, 1.807) is 18.2 Å². The molecule has 8 heteroatoms. The molecule has 0 saturated carbocycles. The van der Waals surface area contributed by atoms with Crippen LogP contribution in [-0.4, -0.2) is 23.6 Å². The third-order valence-electron chi connectivity index (χ3n) is 4.88. The number of aromatic carboxylic acids is 1. The topological polar surface area (TPSA) is 109 Å². The van der Waals surface area contributed by atoms with E-state index in [1.165, 1.54) is 24.3 Å². The van der Waals surface area contributed by atoms with Crippen molar-refractivity contribution in [1.82, 2.24) is 0 Å². The van der Waals surface area contributed by atoms with Gasteiger partial charge in [0.25, 0.3) is 5.91 Å². The van der Waals surface area contributed by atoms with Crippen LogP contribution in [0.25, 0.3) is 6.08 Å². The van der Waals surface area contributed by atoms with Crippen LogP contribution in [0.5, 0.6) is 11.5 Å². The van der Waals surface area contributed by atoms with Gasteiger partial charge in [0.15, 0.2) is 11.5 Å². The number of nitriles is 1. The first kappa shape index (κ1) is 25.5. The summed E-state index contributed by atoms with van der Waals surface area (Å²) in [6, 6.07) is 19.1. The molecule has 0 atom stereocenters. The first-order chi connectivity index (χ1) is 16.8. The van der Waals surface area contributed by atoms with Gasteiger partial charge < -0.3 is 19.9 Å². The van der Waals surface area contributed by atoms with Crippen molar-refractivity contribution in [2.75, 3.05) is 11.9 Å². The molecule has 7 nitrogen and oxygen atoms in total. The fourth-order valence-corrected chi connectivity index (χ4v) is 3.73. The van der Waals surface area contributed by atoms with E-state index in [0.717, 1.165) is 11.1 Å². The van der Waals surface area contributed by atoms with Crippen molar-refractivity contribution in [1.29, 1.82) is 5.26 Å². The molecule has 3 rings (SSSR count). The van der Waals surface area contributed by atoms with Crippen molar-refractivity contribution >= 4 is 39.6 Å². The van der Waals surface area contributed by atoms with Gasteiger partial charge in [0.1, 0.15) is 18.2 Å². The summed E-state index contributed by atoms with van der Waals surface area (Å²) in [6.07, 6.45) is 1.42. The van der Waals surface area contributed by atoms with Gasteiger partial charge in [-0.15, -0.1) is 0 Å². The lowest BCUT2D eigenvalue weighted by molar-refractivity contribution is -0.112. The third-order valence-corrected chi connectivity index (χ3v) is 5.47. The zero-order valence-corrected chi connectivity index (χ0v) is 20.8. The summed E-state index contributed by atoms with van der Waals surface area (Å²) in [7, 11) is 0. The van der Waals surface area contributed by atoms with Gasteiger partial charge in [-0.3, -0.25) is 4.79 Å². The minimum atomic E-state index is -1.12. The van der Waals surface area contributed by atoms with Crippen LogP contribution in [0.1, 0.15) is 34.0 Å². The molecule has 0 aliphatic rings. The molecule has 1 amide bonds. The molecule has 0 aliphatic heterocycles. The second kappa shape index (κ2) is 11.9. The second-order valence-electron chi connectivity index (χ2n) is 7.55. The maximum atomic E-state index is 12.7. The van der Waals surface area contributed by atoms with Gasteiger partial charge in [-0.1, -0.05) is 35.9 Å². The fraction of sp³-hybridized carbons (Fsp3) is 0.148. The Morgan fingerprint density at radius 3 is 2.51 bits per heavy atom. The Kier molecular flexibility index (Phi) is 8.65. The van der Waals surface area contributed by atoms with Gasteiger partial charge in [0.2, 0.25) is 0 Å². The Morgan fingerprint density at radius 2 is 1.86 bits per heavy atom. The second-order valence-corrected chi connectivity index (χ2v) is 8.40. The lowest BCUT2D eigenvalue weighted by Crippen LogP contribution is -2.14. The van der Waals surface area contributed by atoms with Crippen LogP contribution in [0.2, 0.25) is 0 Å². The number of benzene rings is 3. The average molecular weight is 535 g/mol. The highest BCUT2D eigenvalue weighted by Crippen LogP contribution is 2.38. The van der Waals surface area contributed by atoms with E-state index >= 15 is 0 Å². The van der Waals surface area contributed by atoms with Crippen molar-refractivity contribution < 1.29 is 24.2 Å². The Balaban J connectivity index is 1.84. The summed E-state index contributed by atoms with van der Waals surface area (Å²) in [5, 5.41) is 21.2. The number of anilines is 1. The van der Waals surface area contributed by atoms with Crippen LogP contribution >= 0.6 is 15.9 Å². The maximum Gasteiger partial charge on any atom is 0.335 e. The number of rotatable bonds is 9. The van der Waals surface area contributed by atoms with Crippen molar-refractivity contribution in [2.45, 2.75) is 20.5 Å². The van der Waals surface area contributed by atoms with E-state index in [1.807, 2.05) is 44.2 Å². The first-order valence-corrected chi connectivity index (χ1v) is 11.5. The van der Waals surface area contributed by atoms with Gasteiger partial charge >= 0.3 is 5.97 Å². The van der Waals surface area contributed by atoms with Crippen LogP contribution in [0, 0.1) is 18.3 Å². The molecule has 0 spiro atoms. The molecule has 0 aliphatic carbocycles. The molecular formula is C27H23BrN2O5. The Morgan fingerprint density at radius 1 is 1.11 bits per heavy atom. The highest BCUT2D eigenvalue weighted by atomic mass is 79.9. The molecule has 0 fully saturated rings. The summed E-state index contributed by atoms with van der Waals surface area (Å²) >= 11 is 3.50. The monoisotopic (exact) mass is 534 g/mol. The third kappa shape index (κ3) is 6.95. The van der Waals surface area contributed by atoms with E-state index < -0.39 is 11.9 Å². The highest BCUT2D eigenvalue weighted by molar-refractivity contribution is 9.10. The lowest BCUT2D eigenvalue weighted by atomic mass is 10.1. The number of carboxylic acid groups (broad SMARTS) is 1. The number of halogens is 1. The minimum Gasteiger partial charge on any atom is -0.490 e. The maximum absolute atomic E-state index is 12.7. The van der Waals surface area contributed by atoms with E-state index in [2.05, 4.69) is 21.2 Å². The van der Waals surface area contributed by atoms with E-state index in [4.69, 9.17) is 14.6 Å². The quantitative estimate of drug-likeness (QED) is 0.258. The molecule has 0 radical (unpaired) electrons. The number of nitrogens with zero attached hydrogens (tertiary/aromatic N) is 1. The van der Waals surface area contributed by atoms with E-state index in [-0.39, 0.29) is 16.8 Å². The average Bonchev–Trinajstić information content (AvgIpc) is 2.83. The van der Waals surface area contributed by atoms with Gasteiger partial charge in [-0.05, 0) is 77.3 Å². The number of nitrogens with one attached hydrogen (secondary N) is 1. The van der Waals surface area contributed by atoms with Crippen LogP contribution in [0.15, 0.2) is 70.7 Å². The summed E-state index contributed by atoms with van der Waals surface area (Å²) in [4.78, 5) is 23.8. The normalized spacial score (nSPS) is 10.9. The summed E-state index contributed by atoms with van der Waals surface area (Å²) in [6.45, 7) is 4.60. The number of hydrogen-bond acceptors (Lipinski definition) is 5. The molecule has 3 aromatic rings. The number of carbonyl (C=O) groups excluding carboxylic acids is 1. The van der Waals surface area contributed by atoms with Crippen molar-refractivity contribution in [2.24, 2.45) is 0 Å². The van der Waals surface area contributed by atoms with Gasteiger partial charge in [0, 0.05) is 5.69 Å². The van der Waals surface area contributed by atoms with Crippen molar-refractivity contribution in [3.8, 4) is 17.6 Å². The lowest BCUT2D eigenvalue weighted by Gasteiger charge is -2.15. The predicted octanol–water partition coefficient (Wildman–Crippen LogP) is 5.98. The molecule has 2 N–H and O–H groups in total. The van der Waals surface area contributed by atoms with Gasteiger partial charge in [-0.25, -0.2) is 4.79 Å². The summed E-state index contributed by atoms with van der Waals surface area (Å²) < 4.78 is 12.4. The summed E-state index contributed by atoms with van der Waals surface area (Å²) in [5.41, 5.74) is 2.85. The van der Waals surface area contributed by atoms with Crippen molar-refractivity contribution in [3.63, 3.8) is 0 Å². The Hall–Kier alpha value is -4.09. The molecule has 3 aromatic carbocycles. The standard InChI is InChI=1S/C27H23BrN2O5/c1-3-34-24-13-19(12-23(28)25(24)35-16-18-9-7-17(2)8-10-18)11-21(15-29)26(31)30-22-6-4-5-20(14-22)27(32)33/h4-14H,3,16H2,1-2H3,(H,30,31)(H,32,33)/b21-11-. The molecule has 0 bridgehead atoms. The molecule has 35 heavy (non-hydrogen) atoms. The predicted molar refractivity (Wildman–Crippen MR) is 136 cm³/mol. The van der Waals surface area contributed by atoms with E-state index in [0.29, 0.717) is 34.7 Å². The smallest absolute Gasteiger partial charge is 0.335 e. The first-order valence-electron chi connectivity index (χ1n) is 10.7. The van der Waals surface area contributed by atoms with Gasteiger partial charge in [-0.2, -0.15) is 5.26 Å². The van der Waals surface area contributed by atoms with Crippen LogP contribution < -0.4 is 14.8 Å². The Bertz CT molecular complexity index is 1310. The number of amides is 1. The highest BCUT2D eigenvalue weighted by Gasteiger charge is 2.15. The largest absolute Gasteiger partial charge is 0.490 e. The van der Waals surface area contributed by atoms with Crippen LogP contribution in [-0.2, 0) is 11.4 Å². The Labute approximate surface area is 211 Å². The number of carbonyl (C=O) groups is 2. The number of carboxylic acids is 1. The number of hydrogen-bond donors (Lipinski definition) is 2. The molecule has 0 heterocycles. The fourth-order valence-electron chi connectivity index (χ4n) is 3.16. The minimum absolute atomic E-state index is 0.0248. The van der Waals surface area contributed by atoms with Crippen LogP contribution in [0.3, 0.4) is 0 Å².